The van der Waals surface area contributed by atoms with Crippen molar-refractivity contribution in [3.8, 4) is 5.75 Å². The number of hydrogen-bond donors (Lipinski definition) is 2. The van der Waals surface area contributed by atoms with E-state index in [1.54, 1.807) is 6.07 Å². The van der Waals surface area contributed by atoms with Crippen LogP contribution in [-0.4, -0.2) is 17.2 Å². The zero-order valence-corrected chi connectivity index (χ0v) is 20.5. The molecule has 1 saturated carbocycles. The van der Waals surface area contributed by atoms with E-state index < -0.39 is 0 Å². The monoisotopic (exact) mass is 570 g/mol. The summed E-state index contributed by atoms with van der Waals surface area (Å²) in [6.45, 7) is 6.57. The lowest BCUT2D eigenvalue weighted by Crippen LogP contribution is -2.20. The molecule has 0 aliphatic heterocycles. The Morgan fingerprint density at radius 2 is 1.82 bits per heavy atom. The Hall–Kier alpha value is -1.18. The summed E-state index contributed by atoms with van der Waals surface area (Å²) < 4.78 is 1.80. The number of amides is 1. The Labute approximate surface area is 190 Å². The third-order valence-corrected chi connectivity index (χ3v) is 6.95. The van der Waals surface area contributed by atoms with E-state index in [1.807, 2.05) is 0 Å². The molecular formula is C21H21Br3N2O2. The number of carbonyl (C=O) groups is 1. The minimum absolute atomic E-state index is 0.0529. The first-order valence-electron chi connectivity index (χ1n) is 8.89. The molecular weight excluding hydrogens is 552 g/mol. The summed E-state index contributed by atoms with van der Waals surface area (Å²) in [5, 5.41) is 14.0. The van der Waals surface area contributed by atoms with Crippen LogP contribution in [0.25, 0.3) is 0 Å². The molecule has 2 N–H and O–H groups in total. The molecule has 2 aromatic rings. The summed E-state index contributed by atoms with van der Waals surface area (Å²) in [5.74, 6) is 0.189. The fourth-order valence-electron chi connectivity index (χ4n) is 3.04. The molecule has 1 amide bonds. The van der Waals surface area contributed by atoms with Gasteiger partial charge in [-0.2, -0.15) is 5.10 Å². The van der Waals surface area contributed by atoms with Crippen LogP contribution < -0.4 is 5.43 Å². The molecule has 0 saturated heterocycles. The van der Waals surface area contributed by atoms with Crippen LogP contribution in [0.1, 0.15) is 49.8 Å². The van der Waals surface area contributed by atoms with Crippen LogP contribution in [0.15, 0.2) is 48.9 Å². The summed E-state index contributed by atoms with van der Waals surface area (Å²) in [4.78, 5) is 12.4. The van der Waals surface area contributed by atoms with E-state index in [2.05, 4.69) is 103 Å². The molecule has 1 aliphatic rings. The van der Waals surface area contributed by atoms with Gasteiger partial charge in [0.2, 0.25) is 5.91 Å². The maximum atomic E-state index is 12.4. The van der Waals surface area contributed by atoms with Crippen LogP contribution in [0.3, 0.4) is 0 Å². The first-order chi connectivity index (χ1) is 13.1. The molecule has 0 heterocycles. The van der Waals surface area contributed by atoms with Gasteiger partial charge in [-0.05, 0) is 66.8 Å². The molecule has 0 spiro atoms. The molecule has 28 heavy (non-hydrogen) atoms. The van der Waals surface area contributed by atoms with E-state index in [0.717, 1.165) is 10.9 Å². The van der Waals surface area contributed by atoms with Crippen molar-refractivity contribution in [3.63, 3.8) is 0 Å². The second kappa shape index (κ2) is 8.28. The lowest BCUT2D eigenvalue weighted by molar-refractivity contribution is -0.122. The van der Waals surface area contributed by atoms with Gasteiger partial charge < -0.3 is 5.11 Å². The summed E-state index contributed by atoms with van der Waals surface area (Å²) in [7, 11) is 0. The quantitative estimate of drug-likeness (QED) is 0.337. The van der Waals surface area contributed by atoms with Gasteiger partial charge in [-0.3, -0.25) is 4.79 Å². The highest BCUT2D eigenvalue weighted by molar-refractivity contribution is 9.11. The number of phenols is 1. The molecule has 0 radical (unpaired) electrons. The second-order valence-electron chi connectivity index (χ2n) is 7.97. The standard InChI is InChI=1S/C21H21Br3N2O2/c1-21(2,3)12-6-4-11(5-7-12)13-8-14(13)20(28)26-25-10-15-16(22)9-17(23)19(27)18(15)24/h4-7,9-10,13-14,27H,8H2,1-3H3,(H,26,28)/b25-10-/t13-,14-/m0/s1. The Balaban J connectivity index is 1.62. The van der Waals surface area contributed by atoms with Crippen LogP contribution in [0.5, 0.6) is 5.75 Å². The molecule has 0 aromatic heterocycles. The molecule has 2 atom stereocenters. The Bertz CT molecular complexity index is 934. The first kappa shape index (κ1) is 21.5. The average Bonchev–Trinajstić information content (AvgIpc) is 3.43. The molecule has 0 unspecified atom stereocenters. The van der Waals surface area contributed by atoms with Gasteiger partial charge in [0, 0.05) is 16.0 Å². The predicted octanol–water partition coefficient (Wildman–Crippen LogP) is 6.23. The first-order valence-corrected chi connectivity index (χ1v) is 11.3. The van der Waals surface area contributed by atoms with Crippen molar-refractivity contribution in [3.05, 3.63) is 60.4 Å². The maximum Gasteiger partial charge on any atom is 0.243 e. The number of aromatic hydroxyl groups is 1. The number of phenolic OH excluding ortho intramolecular Hbond substituents is 1. The maximum absolute atomic E-state index is 12.4. The van der Waals surface area contributed by atoms with Gasteiger partial charge in [-0.1, -0.05) is 61.0 Å². The summed E-state index contributed by atoms with van der Waals surface area (Å²) in [6, 6.07) is 10.3. The van der Waals surface area contributed by atoms with Gasteiger partial charge in [0.1, 0.15) is 5.75 Å². The van der Waals surface area contributed by atoms with Gasteiger partial charge in [0.25, 0.3) is 0 Å². The third-order valence-electron chi connectivity index (χ3n) is 4.88. The smallest absolute Gasteiger partial charge is 0.243 e. The largest absolute Gasteiger partial charge is 0.506 e. The number of hydrazone groups is 1. The number of nitrogens with zero attached hydrogens (tertiary/aromatic N) is 1. The molecule has 4 nitrogen and oxygen atoms in total. The average molecular weight is 573 g/mol. The van der Waals surface area contributed by atoms with Crippen molar-refractivity contribution in [1.29, 1.82) is 0 Å². The number of benzene rings is 2. The molecule has 7 heteroatoms. The number of halogens is 3. The Morgan fingerprint density at radius 3 is 2.43 bits per heavy atom. The van der Waals surface area contributed by atoms with Gasteiger partial charge in [-0.25, -0.2) is 5.43 Å². The van der Waals surface area contributed by atoms with E-state index in [9.17, 15) is 9.90 Å². The van der Waals surface area contributed by atoms with Crippen molar-refractivity contribution in [1.82, 2.24) is 5.43 Å². The highest BCUT2D eigenvalue weighted by atomic mass is 79.9. The van der Waals surface area contributed by atoms with E-state index in [0.29, 0.717) is 14.5 Å². The predicted molar refractivity (Wildman–Crippen MR) is 123 cm³/mol. The topological polar surface area (TPSA) is 61.7 Å². The van der Waals surface area contributed by atoms with Gasteiger partial charge in [-0.15, -0.1) is 0 Å². The number of hydrogen-bond acceptors (Lipinski definition) is 3. The highest BCUT2D eigenvalue weighted by Crippen LogP contribution is 2.47. The summed E-state index contributed by atoms with van der Waals surface area (Å²) in [6.07, 6.45) is 2.34. The molecule has 1 fully saturated rings. The van der Waals surface area contributed by atoms with Crippen LogP contribution in [0.2, 0.25) is 0 Å². The number of nitrogens with one attached hydrogen (secondary N) is 1. The van der Waals surface area contributed by atoms with Crippen molar-refractivity contribution in [2.24, 2.45) is 11.0 Å². The highest BCUT2D eigenvalue weighted by Gasteiger charge is 2.44. The van der Waals surface area contributed by atoms with Crippen LogP contribution in [0, 0.1) is 5.92 Å². The third kappa shape index (κ3) is 4.69. The van der Waals surface area contributed by atoms with Crippen molar-refractivity contribution in [2.45, 2.75) is 38.5 Å². The fraction of sp³-hybridized carbons (Fsp3) is 0.333. The van der Waals surface area contributed by atoms with Gasteiger partial charge in [0.15, 0.2) is 0 Å². The zero-order chi connectivity index (χ0) is 20.6. The van der Waals surface area contributed by atoms with Crippen LogP contribution >= 0.6 is 47.8 Å². The summed E-state index contributed by atoms with van der Waals surface area (Å²) >= 11 is 10.0. The SMILES string of the molecule is CC(C)(C)c1ccc([C@@H]2C[C@@H]2C(=O)N/N=C\c2c(Br)cc(Br)c(O)c2Br)cc1. The summed E-state index contributed by atoms with van der Waals surface area (Å²) in [5.41, 5.74) is 5.86. The molecule has 2 aromatic carbocycles. The normalized spacial score (nSPS) is 19.1. The van der Waals surface area contributed by atoms with Crippen LogP contribution in [0.4, 0.5) is 0 Å². The van der Waals surface area contributed by atoms with E-state index in [1.165, 1.54) is 17.3 Å². The number of carbonyl (C=O) groups excluding carboxylic acids is 1. The number of rotatable bonds is 4. The second-order valence-corrected chi connectivity index (χ2v) is 10.5. The van der Waals surface area contributed by atoms with E-state index >= 15 is 0 Å². The molecule has 148 valence electrons. The lowest BCUT2D eigenvalue weighted by Gasteiger charge is -2.19. The minimum Gasteiger partial charge on any atom is -0.506 e. The minimum atomic E-state index is -0.0882. The van der Waals surface area contributed by atoms with Crippen molar-refractivity contribution >= 4 is 59.9 Å². The molecule has 1 aliphatic carbocycles. The fourth-order valence-corrected chi connectivity index (χ4v) is 5.37. The van der Waals surface area contributed by atoms with Gasteiger partial charge in [0.05, 0.1) is 15.2 Å². The Morgan fingerprint density at radius 1 is 1.18 bits per heavy atom. The zero-order valence-electron chi connectivity index (χ0n) is 15.8. The Kier molecular flexibility index (Phi) is 6.37. The van der Waals surface area contributed by atoms with E-state index in [4.69, 9.17) is 0 Å². The van der Waals surface area contributed by atoms with Crippen molar-refractivity contribution in [2.75, 3.05) is 0 Å². The lowest BCUT2D eigenvalue weighted by atomic mass is 9.86. The van der Waals surface area contributed by atoms with E-state index in [-0.39, 0.29) is 28.9 Å². The van der Waals surface area contributed by atoms with Crippen molar-refractivity contribution < 1.29 is 9.90 Å². The molecule has 3 rings (SSSR count). The van der Waals surface area contributed by atoms with Gasteiger partial charge >= 0.3 is 0 Å². The molecule has 0 bridgehead atoms. The van der Waals surface area contributed by atoms with Crippen LogP contribution in [-0.2, 0) is 10.2 Å².